The predicted molar refractivity (Wildman–Crippen MR) is 197 cm³/mol. The van der Waals surface area contributed by atoms with Crippen LogP contribution in [0.5, 0.6) is 5.75 Å². The summed E-state index contributed by atoms with van der Waals surface area (Å²) < 4.78 is 4.30. The molecule has 2 aromatic heterocycles. The Morgan fingerprint density at radius 3 is 2.06 bits per heavy atom. The van der Waals surface area contributed by atoms with Crippen LogP contribution in [0.25, 0.3) is 45.4 Å². The zero-order valence-corrected chi connectivity index (χ0v) is 31.9. The number of aromatic hydroxyl groups is 1. The molecule has 0 radical (unpaired) electrons. The average Bonchev–Trinajstić information content (AvgIpc) is 3.67. The second-order valence-corrected chi connectivity index (χ2v) is 13.9. The molecule has 6 rings (SSSR count). The van der Waals surface area contributed by atoms with E-state index >= 15 is 0 Å². The molecule has 0 saturated heterocycles. The minimum absolute atomic E-state index is 0. The molecular weight excluding hydrogens is 786 g/mol. The van der Waals surface area contributed by atoms with Crippen LogP contribution >= 0.6 is 0 Å². The zero-order valence-electron chi connectivity index (χ0n) is 29.7. The standard InChI is InChI=1S/C42H46N5O.Pt/c1-26(2)30-14-12-18-33(27(3)4)38(23-30)46-24-37(44-42(46)36-17-9-10-21-39(36)48)31-15-11-16-32(22-31)41-45-43-25-47(41)40-34(28(5)6)19-13-20-35(40)29(7)8;/h9-21,24-29,48H,23H2,1-8H3;/q-1;. The van der Waals surface area contributed by atoms with Gasteiger partial charge >= 0.3 is 0 Å². The van der Waals surface area contributed by atoms with E-state index in [0.29, 0.717) is 35.1 Å². The number of benzene rings is 3. The van der Waals surface area contributed by atoms with Crippen molar-refractivity contribution in [3.63, 3.8) is 0 Å². The van der Waals surface area contributed by atoms with Gasteiger partial charge < -0.3 is 14.2 Å². The van der Waals surface area contributed by atoms with E-state index in [9.17, 15) is 5.11 Å². The zero-order chi connectivity index (χ0) is 34.1. The first-order valence-corrected chi connectivity index (χ1v) is 17.1. The normalized spacial score (nSPS) is 13.4. The van der Waals surface area contributed by atoms with Gasteiger partial charge in [-0.15, -0.1) is 29.4 Å². The molecule has 7 heteroatoms. The van der Waals surface area contributed by atoms with E-state index in [0.717, 1.165) is 40.5 Å². The number of aromatic nitrogens is 5. The fraction of sp³-hybridized carbons (Fsp3) is 0.310. The van der Waals surface area contributed by atoms with Gasteiger partial charge in [0.2, 0.25) is 0 Å². The average molecular weight is 832 g/mol. The Labute approximate surface area is 305 Å². The molecule has 1 aliphatic carbocycles. The second kappa shape index (κ2) is 15.1. The number of para-hydroxylation sites is 2. The monoisotopic (exact) mass is 831 g/mol. The molecule has 0 saturated carbocycles. The molecule has 6 nitrogen and oxygen atoms in total. The number of phenols is 1. The maximum Gasteiger partial charge on any atom is 0.140 e. The van der Waals surface area contributed by atoms with Crippen LogP contribution in [0.3, 0.4) is 0 Å². The fourth-order valence-corrected chi connectivity index (χ4v) is 6.56. The van der Waals surface area contributed by atoms with Crippen molar-refractivity contribution in [3.8, 4) is 45.5 Å². The van der Waals surface area contributed by atoms with Crippen molar-refractivity contribution < 1.29 is 26.2 Å². The molecule has 5 aromatic rings. The molecule has 1 aliphatic rings. The van der Waals surface area contributed by atoms with Gasteiger partial charge in [-0.25, -0.2) is 0 Å². The van der Waals surface area contributed by atoms with E-state index < -0.39 is 0 Å². The Morgan fingerprint density at radius 2 is 1.41 bits per heavy atom. The SMILES string of the molecule is CC(C)C1=CC=CC(C(C)C)=C(n2cc(-c3[c-]c(-c4nncn4-c4c(C(C)C)cccc4C(C)C)ccc3)nc2-c2ccccc2O)C1.[Pt]. The Kier molecular flexibility index (Phi) is 11.1. The molecule has 2 heterocycles. The number of allylic oxidation sites excluding steroid dienone is 6. The largest absolute Gasteiger partial charge is 0.507 e. The van der Waals surface area contributed by atoms with Gasteiger partial charge in [0.15, 0.2) is 0 Å². The van der Waals surface area contributed by atoms with E-state index in [1.165, 1.54) is 22.3 Å². The summed E-state index contributed by atoms with van der Waals surface area (Å²) in [6, 6.07) is 23.7. The Morgan fingerprint density at radius 1 is 0.735 bits per heavy atom. The summed E-state index contributed by atoms with van der Waals surface area (Å²) in [5.41, 5.74) is 10.5. The van der Waals surface area contributed by atoms with E-state index in [1.54, 1.807) is 6.07 Å². The molecular formula is C42H46N5OPt-. The molecule has 1 N–H and O–H groups in total. The van der Waals surface area contributed by atoms with Crippen molar-refractivity contribution in [2.24, 2.45) is 11.8 Å². The first kappa shape index (κ1) is 36.0. The predicted octanol–water partition coefficient (Wildman–Crippen LogP) is 10.6. The van der Waals surface area contributed by atoms with Gasteiger partial charge in [-0.1, -0.05) is 121 Å². The number of hydrogen-bond donors (Lipinski definition) is 1. The van der Waals surface area contributed by atoms with Gasteiger partial charge in [0.1, 0.15) is 23.7 Å². The van der Waals surface area contributed by atoms with Crippen LogP contribution < -0.4 is 0 Å². The van der Waals surface area contributed by atoms with Crippen LogP contribution in [0.4, 0.5) is 0 Å². The summed E-state index contributed by atoms with van der Waals surface area (Å²) in [5, 5.41) is 20.1. The summed E-state index contributed by atoms with van der Waals surface area (Å²) >= 11 is 0. The second-order valence-electron chi connectivity index (χ2n) is 13.9. The quantitative estimate of drug-likeness (QED) is 0.150. The van der Waals surface area contributed by atoms with Gasteiger partial charge in [0, 0.05) is 50.8 Å². The van der Waals surface area contributed by atoms with Crippen LogP contribution in [-0.2, 0) is 21.1 Å². The van der Waals surface area contributed by atoms with Crippen LogP contribution in [0, 0.1) is 17.9 Å². The van der Waals surface area contributed by atoms with E-state index in [4.69, 9.17) is 4.98 Å². The van der Waals surface area contributed by atoms with E-state index in [1.807, 2.05) is 42.7 Å². The molecule has 0 fully saturated rings. The fourth-order valence-electron chi connectivity index (χ4n) is 6.56. The number of phenolic OH excluding ortho intramolecular Hbond substituents is 1. The molecule has 0 amide bonds. The van der Waals surface area contributed by atoms with Crippen molar-refractivity contribution in [1.82, 2.24) is 24.3 Å². The Balaban J connectivity index is 0.00000468. The number of hydrogen-bond acceptors (Lipinski definition) is 4. The molecule has 0 spiro atoms. The summed E-state index contributed by atoms with van der Waals surface area (Å²) in [5.74, 6) is 2.98. The van der Waals surface area contributed by atoms with Gasteiger partial charge in [-0.3, -0.25) is 4.98 Å². The summed E-state index contributed by atoms with van der Waals surface area (Å²) in [6.07, 6.45) is 11.3. The van der Waals surface area contributed by atoms with E-state index in [2.05, 4.69) is 123 Å². The maximum absolute atomic E-state index is 11.0. The van der Waals surface area contributed by atoms with Gasteiger partial charge in [0.25, 0.3) is 0 Å². The Hall–Kier alpha value is -4.28. The third-order valence-electron chi connectivity index (χ3n) is 9.24. The summed E-state index contributed by atoms with van der Waals surface area (Å²) in [4.78, 5) is 5.21. The minimum atomic E-state index is 0. The minimum Gasteiger partial charge on any atom is -0.507 e. The van der Waals surface area contributed by atoms with Crippen molar-refractivity contribution in [2.45, 2.75) is 73.6 Å². The third kappa shape index (κ3) is 7.21. The van der Waals surface area contributed by atoms with Crippen LogP contribution in [0.1, 0.15) is 84.8 Å². The Bertz CT molecular complexity index is 2010. The molecule has 3 aromatic carbocycles. The van der Waals surface area contributed by atoms with Crippen molar-refractivity contribution >= 4 is 5.70 Å². The molecule has 49 heavy (non-hydrogen) atoms. The molecule has 256 valence electrons. The number of nitrogens with zero attached hydrogens (tertiary/aromatic N) is 5. The first-order valence-electron chi connectivity index (χ1n) is 17.1. The topological polar surface area (TPSA) is 68.8 Å². The molecule has 0 aliphatic heterocycles. The van der Waals surface area contributed by atoms with Crippen LogP contribution in [-0.4, -0.2) is 29.4 Å². The van der Waals surface area contributed by atoms with Gasteiger partial charge in [-0.2, -0.15) is 5.10 Å². The van der Waals surface area contributed by atoms with E-state index in [-0.39, 0.29) is 26.8 Å². The van der Waals surface area contributed by atoms with Gasteiger partial charge in [-0.05, 0) is 52.5 Å². The smallest absolute Gasteiger partial charge is 0.140 e. The van der Waals surface area contributed by atoms with Crippen molar-refractivity contribution in [2.75, 3.05) is 0 Å². The van der Waals surface area contributed by atoms with Gasteiger partial charge in [0.05, 0.1) is 5.56 Å². The number of rotatable bonds is 9. The third-order valence-corrected chi connectivity index (χ3v) is 9.24. The van der Waals surface area contributed by atoms with Crippen molar-refractivity contribution in [1.29, 1.82) is 0 Å². The summed E-state index contributed by atoms with van der Waals surface area (Å²) in [7, 11) is 0. The van der Waals surface area contributed by atoms with Crippen molar-refractivity contribution in [3.05, 3.63) is 120 Å². The maximum atomic E-state index is 11.0. The molecule has 0 bridgehead atoms. The van der Waals surface area contributed by atoms with Crippen LogP contribution in [0.15, 0.2) is 103 Å². The first-order chi connectivity index (χ1) is 23.0. The molecule has 0 unspecified atom stereocenters. The molecule has 0 atom stereocenters. The van der Waals surface area contributed by atoms with Crippen LogP contribution in [0.2, 0.25) is 0 Å². The number of imidazole rings is 1. The summed E-state index contributed by atoms with van der Waals surface area (Å²) in [6.45, 7) is 17.8.